The lowest BCUT2D eigenvalue weighted by atomic mass is 10.2. The third-order valence-corrected chi connectivity index (χ3v) is 4.13. The third-order valence-electron chi connectivity index (χ3n) is 3.04. The number of H-pyrrole nitrogens is 1. The number of nitrogens with one attached hydrogen (secondary N) is 1. The van der Waals surface area contributed by atoms with E-state index >= 15 is 0 Å². The van der Waals surface area contributed by atoms with Gasteiger partial charge < -0.3 is 10.1 Å². The topological polar surface area (TPSA) is 78.9 Å². The number of fused-ring (bicyclic) bond motifs is 1. The molecule has 2 aromatic heterocycles. The van der Waals surface area contributed by atoms with Gasteiger partial charge in [0, 0.05) is 6.08 Å². The number of aliphatic hydroxyl groups is 1. The standard InChI is InChI=1S/C15H13N3O2S/c1-8-14(21-9(2)16-8)13(19)7-12-15(20)18-11-6-4-3-5-10(11)17-12/h3-7,19H,1-2H3,(H,18,20). The van der Waals surface area contributed by atoms with Gasteiger partial charge in [-0.2, -0.15) is 0 Å². The zero-order valence-corrected chi connectivity index (χ0v) is 12.4. The van der Waals surface area contributed by atoms with E-state index in [4.69, 9.17) is 0 Å². The van der Waals surface area contributed by atoms with Crippen LogP contribution in [0.15, 0.2) is 29.1 Å². The highest BCUT2D eigenvalue weighted by molar-refractivity contribution is 7.12. The number of rotatable bonds is 2. The summed E-state index contributed by atoms with van der Waals surface area (Å²) < 4.78 is 0. The summed E-state index contributed by atoms with van der Waals surface area (Å²) in [4.78, 5) is 23.9. The molecule has 3 rings (SSSR count). The molecule has 21 heavy (non-hydrogen) atoms. The molecule has 0 saturated carbocycles. The van der Waals surface area contributed by atoms with Crippen molar-refractivity contribution >= 4 is 34.2 Å². The van der Waals surface area contributed by atoms with E-state index in [1.54, 1.807) is 6.07 Å². The molecule has 0 atom stereocenters. The molecule has 106 valence electrons. The number of hydrogen-bond acceptors (Lipinski definition) is 5. The number of benzene rings is 1. The van der Waals surface area contributed by atoms with Gasteiger partial charge in [-0.15, -0.1) is 11.3 Å². The van der Waals surface area contributed by atoms with Crippen molar-refractivity contribution in [1.29, 1.82) is 0 Å². The lowest BCUT2D eigenvalue weighted by Gasteiger charge is -2.00. The number of hydrogen-bond donors (Lipinski definition) is 2. The summed E-state index contributed by atoms with van der Waals surface area (Å²) in [6.45, 7) is 3.69. The summed E-state index contributed by atoms with van der Waals surface area (Å²) in [5, 5.41) is 11.1. The Morgan fingerprint density at radius 1 is 1.29 bits per heavy atom. The first-order chi connectivity index (χ1) is 10.0. The zero-order valence-electron chi connectivity index (χ0n) is 11.5. The average Bonchev–Trinajstić information content (AvgIpc) is 2.78. The van der Waals surface area contributed by atoms with Crippen LogP contribution in [0.1, 0.15) is 21.3 Å². The van der Waals surface area contributed by atoms with E-state index in [9.17, 15) is 9.90 Å². The molecular weight excluding hydrogens is 286 g/mol. The Kier molecular flexibility index (Phi) is 3.31. The summed E-state index contributed by atoms with van der Waals surface area (Å²) in [5.41, 5.74) is 1.93. The monoisotopic (exact) mass is 299 g/mol. The molecule has 5 nitrogen and oxygen atoms in total. The first kappa shape index (κ1) is 13.5. The first-order valence-corrected chi connectivity index (χ1v) is 7.20. The molecule has 2 N–H and O–H groups in total. The summed E-state index contributed by atoms with van der Waals surface area (Å²) in [6, 6.07) is 7.27. The van der Waals surface area contributed by atoms with Crippen LogP contribution < -0.4 is 5.56 Å². The van der Waals surface area contributed by atoms with E-state index < -0.39 is 0 Å². The summed E-state index contributed by atoms with van der Waals surface area (Å²) >= 11 is 1.38. The fraction of sp³-hybridized carbons (Fsp3) is 0.133. The van der Waals surface area contributed by atoms with E-state index in [-0.39, 0.29) is 17.0 Å². The number of aromatic nitrogens is 3. The maximum atomic E-state index is 12.0. The fourth-order valence-corrected chi connectivity index (χ4v) is 2.94. The fourth-order valence-electron chi connectivity index (χ4n) is 2.11. The van der Waals surface area contributed by atoms with Crippen molar-refractivity contribution in [1.82, 2.24) is 15.0 Å². The van der Waals surface area contributed by atoms with Crippen LogP contribution in [0.2, 0.25) is 0 Å². The molecule has 1 aromatic carbocycles. The first-order valence-electron chi connectivity index (χ1n) is 6.39. The van der Waals surface area contributed by atoms with Gasteiger partial charge in [0.2, 0.25) is 0 Å². The Hall–Kier alpha value is -2.47. The predicted octanol–water partition coefficient (Wildman–Crippen LogP) is 3.05. The summed E-state index contributed by atoms with van der Waals surface area (Å²) in [5.74, 6) is 0.00591. The number of para-hydroxylation sites is 2. The minimum Gasteiger partial charge on any atom is -0.506 e. The van der Waals surface area contributed by atoms with E-state index in [0.29, 0.717) is 15.9 Å². The van der Waals surface area contributed by atoms with Gasteiger partial charge in [0.25, 0.3) is 5.56 Å². The maximum absolute atomic E-state index is 12.0. The number of thiazole rings is 1. The molecule has 0 spiro atoms. The second kappa shape index (κ2) is 5.14. The van der Waals surface area contributed by atoms with Gasteiger partial charge in [0.1, 0.15) is 11.5 Å². The van der Waals surface area contributed by atoms with Crippen LogP contribution in [0.25, 0.3) is 22.9 Å². The summed E-state index contributed by atoms with van der Waals surface area (Å²) in [6.07, 6.45) is 1.38. The predicted molar refractivity (Wildman–Crippen MR) is 84.5 cm³/mol. The van der Waals surface area contributed by atoms with E-state index in [1.807, 2.05) is 32.0 Å². The molecule has 0 radical (unpaired) electrons. The Balaban J connectivity index is 2.12. The van der Waals surface area contributed by atoms with Crippen LogP contribution in [0.5, 0.6) is 0 Å². The molecule has 6 heteroatoms. The van der Waals surface area contributed by atoms with Crippen molar-refractivity contribution in [3.8, 4) is 0 Å². The third kappa shape index (κ3) is 2.57. The second-order valence-electron chi connectivity index (χ2n) is 4.65. The van der Waals surface area contributed by atoms with Gasteiger partial charge >= 0.3 is 0 Å². The Morgan fingerprint density at radius 2 is 2.05 bits per heavy atom. The van der Waals surface area contributed by atoms with Crippen LogP contribution in [0, 0.1) is 13.8 Å². The van der Waals surface area contributed by atoms with Gasteiger partial charge in [0.15, 0.2) is 0 Å². The van der Waals surface area contributed by atoms with Gasteiger partial charge in [-0.25, -0.2) is 9.97 Å². The molecule has 3 aromatic rings. The number of aromatic amines is 1. The van der Waals surface area contributed by atoms with Gasteiger partial charge in [0.05, 0.1) is 26.6 Å². The number of aliphatic hydroxyl groups excluding tert-OH is 1. The normalized spacial score (nSPS) is 12.0. The Bertz CT molecular complexity index is 909. The van der Waals surface area contributed by atoms with E-state index in [2.05, 4.69) is 15.0 Å². The van der Waals surface area contributed by atoms with Crippen LogP contribution >= 0.6 is 11.3 Å². The lowest BCUT2D eigenvalue weighted by Crippen LogP contribution is -2.12. The van der Waals surface area contributed by atoms with Gasteiger partial charge in [-0.3, -0.25) is 4.79 Å². The Labute approximate surface area is 124 Å². The summed E-state index contributed by atoms with van der Waals surface area (Å²) in [7, 11) is 0. The molecule has 0 aliphatic heterocycles. The highest BCUT2D eigenvalue weighted by Gasteiger charge is 2.11. The SMILES string of the molecule is Cc1nc(C)c(C(O)=Cc2nc3ccccc3[nH]c2=O)s1. The highest BCUT2D eigenvalue weighted by atomic mass is 32.1. The van der Waals surface area contributed by atoms with Crippen molar-refractivity contribution in [2.75, 3.05) is 0 Å². The molecule has 0 amide bonds. The maximum Gasteiger partial charge on any atom is 0.274 e. The molecule has 0 aliphatic carbocycles. The van der Waals surface area contributed by atoms with E-state index in [0.717, 1.165) is 10.7 Å². The minimum absolute atomic E-state index is 0.00591. The van der Waals surface area contributed by atoms with Crippen LogP contribution in [0.4, 0.5) is 0 Å². The number of aryl methyl sites for hydroxylation is 2. The second-order valence-corrected chi connectivity index (χ2v) is 5.85. The molecule has 0 bridgehead atoms. The van der Waals surface area contributed by atoms with Crippen molar-refractivity contribution in [2.45, 2.75) is 13.8 Å². The van der Waals surface area contributed by atoms with Gasteiger partial charge in [-0.1, -0.05) is 12.1 Å². The molecule has 0 saturated heterocycles. The van der Waals surface area contributed by atoms with Crippen LogP contribution in [-0.2, 0) is 0 Å². The lowest BCUT2D eigenvalue weighted by molar-refractivity contribution is 0.516. The molecule has 0 aliphatic rings. The number of nitrogens with zero attached hydrogens (tertiary/aromatic N) is 2. The van der Waals surface area contributed by atoms with Crippen LogP contribution in [-0.4, -0.2) is 20.1 Å². The average molecular weight is 299 g/mol. The molecular formula is C15H13N3O2S. The van der Waals surface area contributed by atoms with Gasteiger partial charge in [-0.05, 0) is 26.0 Å². The Morgan fingerprint density at radius 3 is 2.76 bits per heavy atom. The van der Waals surface area contributed by atoms with Crippen molar-refractivity contribution in [3.63, 3.8) is 0 Å². The largest absolute Gasteiger partial charge is 0.506 e. The van der Waals surface area contributed by atoms with Crippen molar-refractivity contribution in [3.05, 3.63) is 55.9 Å². The molecule has 2 heterocycles. The highest BCUT2D eigenvalue weighted by Crippen LogP contribution is 2.24. The minimum atomic E-state index is -0.334. The zero-order chi connectivity index (χ0) is 15.0. The van der Waals surface area contributed by atoms with Crippen molar-refractivity contribution < 1.29 is 5.11 Å². The smallest absolute Gasteiger partial charge is 0.274 e. The molecule has 0 unspecified atom stereocenters. The van der Waals surface area contributed by atoms with Crippen LogP contribution in [0.3, 0.4) is 0 Å². The quantitative estimate of drug-likeness (QED) is 0.713. The molecule has 0 fully saturated rings. The van der Waals surface area contributed by atoms with E-state index in [1.165, 1.54) is 17.4 Å². The van der Waals surface area contributed by atoms with Crippen molar-refractivity contribution in [2.24, 2.45) is 0 Å².